The van der Waals surface area contributed by atoms with E-state index in [1.165, 1.54) is 6.21 Å². The standard InChI is InChI=1S/C14H14N2O2/c1-10-4-3-5-12(8-10)14(17)16-15-9-13-7-6-11(2)18-13/h3-9H,1-2H3,(H,16,17)/b15-9-. The number of rotatable bonds is 3. The molecule has 0 spiro atoms. The molecule has 4 heteroatoms. The van der Waals surface area contributed by atoms with Gasteiger partial charge in [-0.2, -0.15) is 5.10 Å². The van der Waals surface area contributed by atoms with Crippen molar-refractivity contribution in [3.05, 3.63) is 59.0 Å². The summed E-state index contributed by atoms with van der Waals surface area (Å²) < 4.78 is 5.29. The van der Waals surface area contributed by atoms with Gasteiger partial charge in [0.15, 0.2) is 0 Å². The van der Waals surface area contributed by atoms with Crippen LogP contribution in [0.25, 0.3) is 0 Å². The summed E-state index contributed by atoms with van der Waals surface area (Å²) in [6.07, 6.45) is 1.47. The topological polar surface area (TPSA) is 54.6 Å². The molecule has 0 saturated heterocycles. The van der Waals surface area contributed by atoms with Gasteiger partial charge in [-0.15, -0.1) is 0 Å². The molecule has 0 atom stereocenters. The number of carbonyl (C=O) groups excluding carboxylic acids is 1. The molecule has 0 bridgehead atoms. The minimum absolute atomic E-state index is 0.238. The molecule has 0 radical (unpaired) electrons. The predicted octanol–water partition coefficient (Wildman–Crippen LogP) is 2.66. The van der Waals surface area contributed by atoms with Crippen molar-refractivity contribution >= 4 is 12.1 Å². The van der Waals surface area contributed by atoms with Gasteiger partial charge < -0.3 is 4.42 Å². The van der Waals surface area contributed by atoms with Gasteiger partial charge in [-0.25, -0.2) is 5.43 Å². The van der Waals surface area contributed by atoms with Crippen molar-refractivity contribution in [2.45, 2.75) is 13.8 Å². The van der Waals surface area contributed by atoms with Gasteiger partial charge in [0.1, 0.15) is 11.5 Å². The Bertz CT molecular complexity index is 585. The maximum atomic E-state index is 11.7. The predicted molar refractivity (Wildman–Crippen MR) is 69.7 cm³/mol. The van der Waals surface area contributed by atoms with Crippen molar-refractivity contribution < 1.29 is 9.21 Å². The Balaban J connectivity index is 1.98. The maximum absolute atomic E-state index is 11.7. The van der Waals surface area contributed by atoms with E-state index in [9.17, 15) is 4.79 Å². The Morgan fingerprint density at radius 1 is 1.28 bits per heavy atom. The number of amides is 1. The van der Waals surface area contributed by atoms with Gasteiger partial charge in [0.2, 0.25) is 0 Å². The zero-order chi connectivity index (χ0) is 13.0. The van der Waals surface area contributed by atoms with Gasteiger partial charge in [-0.3, -0.25) is 4.79 Å². The largest absolute Gasteiger partial charge is 0.460 e. The van der Waals surface area contributed by atoms with E-state index in [1.54, 1.807) is 12.1 Å². The average Bonchev–Trinajstić information content (AvgIpc) is 2.75. The zero-order valence-electron chi connectivity index (χ0n) is 10.3. The Labute approximate surface area is 105 Å². The molecule has 0 aliphatic rings. The molecule has 1 N–H and O–H groups in total. The maximum Gasteiger partial charge on any atom is 0.271 e. The second-order valence-corrected chi connectivity index (χ2v) is 4.02. The zero-order valence-corrected chi connectivity index (χ0v) is 10.3. The van der Waals surface area contributed by atoms with E-state index in [0.717, 1.165) is 11.3 Å². The van der Waals surface area contributed by atoms with E-state index >= 15 is 0 Å². The van der Waals surface area contributed by atoms with Gasteiger partial charge in [-0.05, 0) is 38.1 Å². The summed E-state index contributed by atoms with van der Waals surface area (Å²) in [4.78, 5) is 11.7. The lowest BCUT2D eigenvalue weighted by atomic mass is 10.1. The molecule has 0 fully saturated rings. The fraction of sp³-hybridized carbons (Fsp3) is 0.143. The van der Waals surface area contributed by atoms with Crippen molar-refractivity contribution in [1.82, 2.24) is 5.43 Å². The average molecular weight is 242 g/mol. The molecule has 1 aromatic heterocycles. The third-order valence-electron chi connectivity index (χ3n) is 2.40. The first-order chi connectivity index (χ1) is 8.65. The van der Waals surface area contributed by atoms with Crippen molar-refractivity contribution in [3.63, 3.8) is 0 Å². The molecule has 1 amide bonds. The van der Waals surface area contributed by atoms with Crippen LogP contribution >= 0.6 is 0 Å². The first kappa shape index (κ1) is 12.1. The van der Waals surface area contributed by atoms with E-state index < -0.39 is 0 Å². The molecule has 4 nitrogen and oxygen atoms in total. The van der Waals surface area contributed by atoms with Gasteiger partial charge >= 0.3 is 0 Å². The normalized spacial score (nSPS) is 10.8. The van der Waals surface area contributed by atoms with Crippen molar-refractivity contribution in [2.24, 2.45) is 5.10 Å². The molecule has 1 aromatic carbocycles. The van der Waals surface area contributed by atoms with E-state index in [4.69, 9.17) is 4.42 Å². The van der Waals surface area contributed by atoms with Crippen LogP contribution in [0, 0.1) is 13.8 Å². The lowest BCUT2D eigenvalue weighted by Gasteiger charge is -2.00. The summed E-state index contributed by atoms with van der Waals surface area (Å²) in [5.74, 6) is 1.18. The highest BCUT2D eigenvalue weighted by Gasteiger charge is 2.03. The Hall–Kier alpha value is -2.36. The molecule has 1 heterocycles. The van der Waals surface area contributed by atoms with Crippen LogP contribution < -0.4 is 5.43 Å². The molecule has 2 aromatic rings. The van der Waals surface area contributed by atoms with Gasteiger partial charge in [0.25, 0.3) is 5.91 Å². The minimum Gasteiger partial charge on any atom is -0.460 e. The Morgan fingerprint density at radius 2 is 2.11 bits per heavy atom. The second kappa shape index (κ2) is 5.31. The number of nitrogens with zero attached hydrogens (tertiary/aromatic N) is 1. The number of hydrogen-bond acceptors (Lipinski definition) is 3. The number of hydrogen-bond donors (Lipinski definition) is 1. The van der Waals surface area contributed by atoms with Crippen molar-refractivity contribution in [1.29, 1.82) is 0 Å². The van der Waals surface area contributed by atoms with Crippen LogP contribution in [0.1, 0.15) is 27.4 Å². The van der Waals surface area contributed by atoms with Gasteiger partial charge in [-0.1, -0.05) is 17.7 Å². The number of hydrazone groups is 1. The van der Waals surface area contributed by atoms with Crippen molar-refractivity contribution in [2.75, 3.05) is 0 Å². The van der Waals surface area contributed by atoms with Crippen LogP contribution in [-0.4, -0.2) is 12.1 Å². The second-order valence-electron chi connectivity index (χ2n) is 4.02. The van der Waals surface area contributed by atoms with E-state index in [2.05, 4.69) is 10.5 Å². The summed E-state index contributed by atoms with van der Waals surface area (Å²) in [5.41, 5.74) is 4.08. The summed E-state index contributed by atoms with van der Waals surface area (Å²) in [6, 6.07) is 11.0. The summed E-state index contributed by atoms with van der Waals surface area (Å²) in [6.45, 7) is 3.79. The number of aryl methyl sites for hydroxylation is 2. The highest BCUT2D eigenvalue weighted by molar-refractivity contribution is 5.94. The quantitative estimate of drug-likeness (QED) is 0.664. The minimum atomic E-state index is -0.238. The molecular formula is C14H14N2O2. The van der Waals surface area contributed by atoms with Gasteiger partial charge in [0, 0.05) is 5.56 Å². The molecule has 18 heavy (non-hydrogen) atoms. The first-order valence-corrected chi connectivity index (χ1v) is 5.61. The van der Waals surface area contributed by atoms with Crippen molar-refractivity contribution in [3.8, 4) is 0 Å². The third-order valence-corrected chi connectivity index (χ3v) is 2.40. The monoisotopic (exact) mass is 242 g/mol. The SMILES string of the molecule is Cc1cccc(C(=O)N/N=C\c2ccc(C)o2)c1. The van der Waals surface area contributed by atoms with Crippen LogP contribution in [0.15, 0.2) is 45.9 Å². The molecule has 0 saturated carbocycles. The van der Waals surface area contributed by atoms with Crippen LogP contribution in [-0.2, 0) is 0 Å². The molecule has 0 unspecified atom stereocenters. The lowest BCUT2D eigenvalue weighted by Crippen LogP contribution is -2.17. The van der Waals surface area contributed by atoms with Crippen LogP contribution in [0.4, 0.5) is 0 Å². The van der Waals surface area contributed by atoms with Crippen LogP contribution in [0.2, 0.25) is 0 Å². The van der Waals surface area contributed by atoms with E-state index in [-0.39, 0.29) is 5.91 Å². The van der Waals surface area contributed by atoms with Crippen LogP contribution in [0.5, 0.6) is 0 Å². The highest BCUT2D eigenvalue weighted by atomic mass is 16.3. The number of carbonyl (C=O) groups is 1. The summed E-state index contributed by atoms with van der Waals surface area (Å²) >= 11 is 0. The molecule has 92 valence electrons. The molecule has 2 rings (SSSR count). The molecule has 0 aliphatic heterocycles. The van der Waals surface area contributed by atoms with E-state index in [0.29, 0.717) is 11.3 Å². The van der Waals surface area contributed by atoms with Crippen LogP contribution in [0.3, 0.4) is 0 Å². The van der Waals surface area contributed by atoms with E-state index in [1.807, 2.05) is 38.1 Å². The fourth-order valence-electron chi connectivity index (χ4n) is 1.53. The highest BCUT2D eigenvalue weighted by Crippen LogP contribution is 2.04. The molecule has 0 aliphatic carbocycles. The smallest absolute Gasteiger partial charge is 0.271 e. The summed E-state index contributed by atoms with van der Waals surface area (Å²) in [5, 5.41) is 3.84. The van der Waals surface area contributed by atoms with Gasteiger partial charge in [0.05, 0.1) is 6.21 Å². The fourth-order valence-corrected chi connectivity index (χ4v) is 1.53. The first-order valence-electron chi connectivity index (χ1n) is 5.61. The number of benzene rings is 1. The third kappa shape index (κ3) is 3.07. The number of nitrogens with one attached hydrogen (secondary N) is 1. The molecular weight excluding hydrogens is 228 g/mol. The number of furan rings is 1. The lowest BCUT2D eigenvalue weighted by molar-refractivity contribution is 0.0955. The Kier molecular flexibility index (Phi) is 3.57. The summed E-state index contributed by atoms with van der Waals surface area (Å²) in [7, 11) is 0. The Morgan fingerprint density at radius 3 is 2.78 bits per heavy atom.